The van der Waals surface area contributed by atoms with Crippen LogP contribution in [0.4, 0.5) is 17.1 Å². The molecule has 9 rings (SSSR count). The molecule has 6 nitrogen and oxygen atoms in total. The van der Waals surface area contributed by atoms with Crippen LogP contribution in [0.5, 0.6) is 0 Å². The lowest BCUT2D eigenvalue weighted by Crippen LogP contribution is -2.30. The summed E-state index contributed by atoms with van der Waals surface area (Å²) in [6.45, 7) is 17.5. The van der Waals surface area contributed by atoms with E-state index in [9.17, 15) is 0 Å². The number of benzene rings is 6. The predicted octanol–water partition coefficient (Wildman–Crippen LogP) is 17.6. The van der Waals surface area contributed by atoms with Crippen LogP contribution >= 0.6 is 0 Å². The zero-order chi connectivity index (χ0) is 52.7. The number of furan rings is 1. The van der Waals surface area contributed by atoms with Gasteiger partial charge in [-0.15, -0.1) is 0 Å². The highest BCUT2D eigenvalue weighted by molar-refractivity contribution is 6.08. The zero-order valence-corrected chi connectivity index (χ0v) is 43.1. The Bertz CT molecular complexity index is 3690. The fourth-order valence-corrected chi connectivity index (χ4v) is 9.90. The van der Waals surface area contributed by atoms with Gasteiger partial charge in [-0.05, 0) is 113 Å². The first-order chi connectivity index (χ1) is 37.4. The smallest absolute Gasteiger partial charge is 0.159 e. The molecular weight excluding hydrogens is 927 g/mol. The standard InChI is InChI=1S/C70H61N5O/c1-6-8-10-11-18-34-56(73-49-52-29-14-12-15-30-52)35-26-39-61-60(48-71)59-47-55(43-45-62(59)70(61)51(4)28-25-27-50(3)57-36-19-22-40-64(57)74-65-41-23-21-38-63(65)70)69(72-5)75-68-58-37-20-24-42-66(58)76-67(68)46-44-54(31-9-7-2)53-32-16-13-17-33-53/h6-33,35-48,74H,1,4-5,34,49,71H2,2-3H3/b9-7+,10-8-,18-11-,28-25-,35-26+,46-44-,50-27+,54-31+,60-48-,61-39+,73-56?,75-69?. The first kappa shape index (κ1) is 51.3. The maximum Gasteiger partial charge on any atom is 0.159 e. The molecule has 0 saturated heterocycles. The van der Waals surface area contributed by atoms with Crippen molar-refractivity contribution in [3.05, 3.63) is 318 Å². The first-order valence-corrected chi connectivity index (χ1v) is 25.5. The third-order valence-corrected chi connectivity index (χ3v) is 13.5. The van der Waals surface area contributed by atoms with E-state index in [1.165, 1.54) is 0 Å². The number of para-hydroxylation sites is 3. The Kier molecular flexibility index (Phi) is 16.4. The molecule has 3 N–H and O–H groups in total. The highest BCUT2D eigenvalue weighted by Gasteiger charge is 2.49. The van der Waals surface area contributed by atoms with Crippen molar-refractivity contribution in [2.24, 2.45) is 20.7 Å². The summed E-state index contributed by atoms with van der Waals surface area (Å²) in [5, 5.41) is 4.74. The van der Waals surface area contributed by atoms with Crippen LogP contribution in [0.15, 0.2) is 293 Å². The fraction of sp³-hybridized carbons (Fsp3) is 0.0714. The lowest BCUT2D eigenvalue weighted by Gasteiger charge is -2.36. The number of fused-ring (bicyclic) bond motifs is 6. The fourth-order valence-electron chi connectivity index (χ4n) is 9.90. The number of hydrogen-bond acceptors (Lipinski definition) is 5. The van der Waals surface area contributed by atoms with E-state index in [1.54, 1.807) is 12.3 Å². The molecule has 0 amide bonds. The van der Waals surface area contributed by atoms with Gasteiger partial charge in [-0.2, -0.15) is 0 Å². The van der Waals surface area contributed by atoms with Gasteiger partial charge in [0.05, 0.1) is 12.0 Å². The molecule has 0 fully saturated rings. The number of aliphatic imine (C=N–C) groups is 3. The Labute approximate surface area is 447 Å². The molecule has 372 valence electrons. The van der Waals surface area contributed by atoms with Crippen molar-refractivity contribution < 1.29 is 4.42 Å². The van der Waals surface area contributed by atoms with Crippen LogP contribution in [0.1, 0.15) is 65.0 Å². The average Bonchev–Trinajstić information content (AvgIpc) is 3.97. The van der Waals surface area contributed by atoms with Crippen LogP contribution in [0.3, 0.4) is 0 Å². The Hall–Kier alpha value is -9.65. The molecule has 1 aliphatic heterocycles. The first-order valence-electron chi connectivity index (χ1n) is 25.5. The summed E-state index contributed by atoms with van der Waals surface area (Å²) in [4.78, 5) is 15.0. The van der Waals surface area contributed by atoms with Crippen LogP contribution in [0.2, 0.25) is 0 Å². The molecule has 2 heterocycles. The lowest BCUT2D eigenvalue weighted by molar-refractivity contribution is 0.605. The summed E-state index contributed by atoms with van der Waals surface area (Å²) in [5.41, 5.74) is 21.9. The van der Waals surface area contributed by atoms with E-state index >= 15 is 0 Å². The average molecular weight is 988 g/mol. The van der Waals surface area contributed by atoms with E-state index < -0.39 is 5.41 Å². The van der Waals surface area contributed by atoms with Crippen LogP contribution < -0.4 is 11.1 Å². The Morgan fingerprint density at radius 3 is 2.29 bits per heavy atom. The van der Waals surface area contributed by atoms with Crippen LogP contribution in [-0.2, 0) is 12.0 Å². The van der Waals surface area contributed by atoms with Crippen LogP contribution in [0.25, 0.3) is 33.8 Å². The molecule has 6 heteroatoms. The summed E-state index contributed by atoms with van der Waals surface area (Å²) in [7, 11) is 0. The molecular formula is C70H61N5O. The van der Waals surface area contributed by atoms with E-state index in [0.29, 0.717) is 35.8 Å². The Morgan fingerprint density at radius 2 is 1.50 bits per heavy atom. The van der Waals surface area contributed by atoms with Gasteiger partial charge in [0.15, 0.2) is 11.6 Å². The van der Waals surface area contributed by atoms with Crippen molar-refractivity contribution in [2.75, 3.05) is 5.32 Å². The second-order valence-corrected chi connectivity index (χ2v) is 18.3. The van der Waals surface area contributed by atoms with Crippen molar-refractivity contribution in [2.45, 2.75) is 32.2 Å². The number of amidine groups is 1. The number of allylic oxidation sites excluding steroid dienone is 20. The Morgan fingerprint density at radius 1 is 0.750 bits per heavy atom. The van der Waals surface area contributed by atoms with Crippen molar-refractivity contribution in [3.63, 3.8) is 0 Å². The molecule has 1 aromatic heterocycles. The minimum Gasteiger partial charge on any atom is -0.454 e. The van der Waals surface area contributed by atoms with Gasteiger partial charge in [-0.3, -0.25) is 4.99 Å². The summed E-state index contributed by atoms with van der Waals surface area (Å²) >= 11 is 0. The molecule has 2 aliphatic rings. The minimum absolute atomic E-state index is 0.426. The molecule has 6 aromatic carbocycles. The monoisotopic (exact) mass is 987 g/mol. The number of nitrogens with two attached hydrogens (primary N) is 1. The van der Waals surface area contributed by atoms with Gasteiger partial charge < -0.3 is 15.5 Å². The van der Waals surface area contributed by atoms with Crippen molar-refractivity contribution in [1.29, 1.82) is 0 Å². The molecule has 76 heavy (non-hydrogen) atoms. The summed E-state index contributed by atoms with van der Waals surface area (Å²) in [6.07, 6.45) is 35.0. The Balaban J connectivity index is 1.23. The van der Waals surface area contributed by atoms with E-state index in [4.69, 9.17) is 26.7 Å². The van der Waals surface area contributed by atoms with Crippen molar-refractivity contribution >= 4 is 69.1 Å². The molecule has 0 bridgehead atoms. The number of anilines is 2. The quantitative estimate of drug-likeness (QED) is 0.0646. The van der Waals surface area contributed by atoms with Crippen molar-refractivity contribution in [3.8, 4) is 0 Å². The second-order valence-electron chi connectivity index (χ2n) is 18.3. The summed E-state index contributed by atoms with van der Waals surface area (Å²) in [5.74, 6) is 1.02. The van der Waals surface area contributed by atoms with Gasteiger partial charge in [0, 0.05) is 51.8 Å². The van der Waals surface area contributed by atoms with E-state index in [2.05, 4.69) is 176 Å². The van der Waals surface area contributed by atoms with Gasteiger partial charge in [-0.1, -0.05) is 220 Å². The van der Waals surface area contributed by atoms with Crippen LogP contribution in [-0.4, -0.2) is 18.3 Å². The molecule has 1 atom stereocenters. The third-order valence-electron chi connectivity index (χ3n) is 13.5. The summed E-state index contributed by atoms with van der Waals surface area (Å²) < 4.78 is 6.54. The molecule has 1 spiro atoms. The second kappa shape index (κ2) is 24.4. The zero-order valence-electron chi connectivity index (χ0n) is 43.1. The van der Waals surface area contributed by atoms with Gasteiger partial charge in [0.1, 0.15) is 11.3 Å². The maximum absolute atomic E-state index is 6.92. The minimum atomic E-state index is -0.949. The lowest BCUT2D eigenvalue weighted by atomic mass is 9.66. The van der Waals surface area contributed by atoms with E-state index in [-0.39, 0.29) is 0 Å². The van der Waals surface area contributed by atoms with Gasteiger partial charge in [0.2, 0.25) is 0 Å². The third kappa shape index (κ3) is 11.0. The summed E-state index contributed by atoms with van der Waals surface area (Å²) in [6, 6.07) is 51.8. The molecule has 7 aromatic rings. The highest BCUT2D eigenvalue weighted by atomic mass is 16.3. The van der Waals surface area contributed by atoms with Gasteiger partial charge >= 0.3 is 0 Å². The van der Waals surface area contributed by atoms with Gasteiger partial charge in [-0.25, -0.2) is 9.98 Å². The molecule has 0 radical (unpaired) electrons. The number of hydrogen-bond donors (Lipinski definition) is 2. The number of nitrogens with one attached hydrogen (secondary N) is 1. The molecule has 1 aliphatic carbocycles. The van der Waals surface area contributed by atoms with E-state index in [1.807, 2.05) is 104 Å². The van der Waals surface area contributed by atoms with Gasteiger partial charge in [0.25, 0.3) is 0 Å². The SMILES string of the molecule is C=C/C=C\C=C/CC(/C=C/C=C1\C(=C/N)c2cc(C(N=C)=Nc3c(\C=C/C(=C\C=C\C)c4ccccc4)oc4ccccc34)ccc2C12C(=C)/C=C\C=C(/C)c1ccccc1Nc1ccccc12)=NCc1ccccc1. The van der Waals surface area contributed by atoms with Crippen molar-refractivity contribution in [1.82, 2.24) is 0 Å². The number of nitrogens with zero attached hydrogens (tertiary/aromatic N) is 3. The normalized spacial score (nSPS) is 18.4. The largest absolute Gasteiger partial charge is 0.454 e. The number of rotatable bonds is 14. The predicted molar refractivity (Wildman–Crippen MR) is 326 cm³/mol. The van der Waals surface area contributed by atoms with E-state index in [0.717, 1.165) is 89.3 Å². The highest BCUT2D eigenvalue weighted by Crippen LogP contribution is 2.59. The maximum atomic E-state index is 6.92. The molecule has 0 saturated carbocycles. The topological polar surface area (TPSA) is 88.3 Å². The van der Waals surface area contributed by atoms with Crippen LogP contribution in [0, 0.1) is 0 Å². The molecule has 1 unspecified atom stereocenters.